The van der Waals surface area contributed by atoms with E-state index in [0.29, 0.717) is 44.0 Å². The van der Waals surface area contributed by atoms with E-state index in [1.807, 2.05) is 36.3 Å². The van der Waals surface area contributed by atoms with Crippen molar-refractivity contribution in [2.45, 2.75) is 18.9 Å². The molecule has 3 aromatic heterocycles. The van der Waals surface area contributed by atoms with E-state index >= 15 is 0 Å². The number of methoxy groups -OCH3 is 1. The monoisotopic (exact) mass is 814 g/mol. The number of aromatic nitrogens is 6. The molecule has 0 aliphatic carbocycles. The highest BCUT2D eigenvalue weighted by Crippen LogP contribution is 2.43. The fraction of sp³-hybridized carbons (Fsp3) is 0.447. The summed E-state index contributed by atoms with van der Waals surface area (Å²) in [5.74, 6) is 2.33. The highest BCUT2D eigenvalue weighted by Gasteiger charge is 2.30. The van der Waals surface area contributed by atoms with Crippen LogP contribution in [0.4, 0.5) is 28.8 Å². The minimum atomic E-state index is -2.77. The molecule has 3 fully saturated rings. The Balaban J connectivity index is 1.02. The summed E-state index contributed by atoms with van der Waals surface area (Å²) in [5, 5.41) is 15.4. The number of nitrogens with zero attached hydrogens (tertiary/aromatic N) is 9. The smallest absolute Gasteiger partial charge is 0.229 e. The first-order valence-corrected chi connectivity index (χ1v) is 22.0. The Labute approximate surface area is 324 Å². The second-order valence-corrected chi connectivity index (χ2v) is 18.9. The molecule has 3 aliphatic rings. The van der Waals surface area contributed by atoms with Crippen LogP contribution in [0.25, 0.3) is 22.2 Å². The van der Waals surface area contributed by atoms with E-state index in [-0.39, 0.29) is 0 Å². The van der Waals surface area contributed by atoms with Gasteiger partial charge in [0.15, 0.2) is 0 Å². The van der Waals surface area contributed by atoms with Crippen LogP contribution in [0.3, 0.4) is 0 Å². The Kier molecular flexibility index (Phi) is 10.6. The molecule has 8 rings (SSSR count). The number of anilines is 5. The molecule has 5 aromatic rings. The molecule has 2 aromatic carbocycles. The number of aryl methyl sites for hydroxylation is 1. The minimum Gasteiger partial charge on any atom is -0.494 e. The van der Waals surface area contributed by atoms with Gasteiger partial charge in [-0.1, -0.05) is 0 Å². The Morgan fingerprint density at radius 3 is 2.43 bits per heavy atom. The first kappa shape index (κ1) is 36.8. The summed E-state index contributed by atoms with van der Waals surface area (Å²) in [7, 11) is 0.853. The topological polar surface area (TPSA) is 141 Å². The van der Waals surface area contributed by atoms with Crippen LogP contribution in [0.5, 0.6) is 5.75 Å². The van der Waals surface area contributed by atoms with Gasteiger partial charge in [-0.15, -0.1) is 0 Å². The van der Waals surface area contributed by atoms with Gasteiger partial charge in [-0.3, -0.25) is 24.4 Å². The van der Waals surface area contributed by atoms with Crippen molar-refractivity contribution in [1.82, 2.24) is 44.8 Å². The van der Waals surface area contributed by atoms with Crippen molar-refractivity contribution < 1.29 is 9.30 Å². The third kappa shape index (κ3) is 7.83. The average molecular weight is 816 g/mol. The molecule has 0 unspecified atom stereocenters. The molecular weight excluding hydrogens is 767 g/mol. The number of nitrogens with one attached hydrogen (secondary N) is 3. The van der Waals surface area contributed by atoms with Crippen LogP contribution in [0.2, 0.25) is 0 Å². The van der Waals surface area contributed by atoms with Crippen LogP contribution in [0.15, 0.2) is 59.7 Å². The van der Waals surface area contributed by atoms with Crippen LogP contribution in [-0.4, -0.2) is 125 Å². The quantitative estimate of drug-likeness (QED) is 0.152. The van der Waals surface area contributed by atoms with Crippen molar-refractivity contribution in [2.75, 3.05) is 94.9 Å². The minimum absolute atomic E-state index is 0.367. The summed E-state index contributed by atoms with van der Waals surface area (Å²) in [6.45, 7) is 13.4. The van der Waals surface area contributed by atoms with Gasteiger partial charge >= 0.3 is 0 Å². The maximum atomic E-state index is 13.5. The van der Waals surface area contributed by atoms with E-state index in [9.17, 15) is 4.57 Å². The van der Waals surface area contributed by atoms with Crippen LogP contribution in [0, 0.1) is 5.92 Å². The molecule has 0 saturated carbocycles. The first-order chi connectivity index (χ1) is 26.1. The number of hydrogen-bond acceptors (Lipinski definition) is 13. The molecular formula is C38H48BrN12O2P. The largest absolute Gasteiger partial charge is 0.494 e. The van der Waals surface area contributed by atoms with E-state index in [2.05, 4.69) is 78.8 Å². The molecule has 14 nitrogen and oxygen atoms in total. The standard InChI is InChI=1S/C38H48BrN12O2P/c1-48-24-26(19-44-48)28-17-32(34(53-2)18-33(28)51-15-13-49(14-16-51)23-25-7-11-50(12-8-25)27-20-40-21-27)46-38-43-22-29(39)37(47-38)45-31-6-5-30-35(42-10-9-41-30)36(31)54(3,4)52/h5-6,9-10,17-19,22,24-25,27,40H,7-8,11-16,20-21,23H2,1-4H3,(H2,43,45,46,47). The number of fused-ring (bicyclic) bond motifs is 1. The number of ether oxygens (including phenoxy) is 1. The van der Waals surface area contributed by atoms with E-state index < -0.39 is 7.14 Å². The Morgan fingerprint density at radius 2 is 1.74 bits per heavy atom. The number of rotatable bonds is 11. The number of halogens is 1. The van der Waals surface area contributed by atoms with Crippen molar-refractivity contribution in [2.24, 2.45) is 13.0 Å². The summed E-state index contributed by atoms with van der Waals surface area (Å²) in [6, 6.07) is 8.70. The maximum absolute atomic E-state index is 13.5. The Morgan fingerprint density at radius 1 is 0.963 bits per heavy atom. The van der Waals surface area contributed by atoms with Crippen LogP contribution in [-0.2, 0) is 11.6 Å². The van der Waals surface area contributed by atoms with Crippen molar-refractivity contribution in [3.8, 4) is 16.9 Å². The zero-order valence-corrected chi connectivity index (χ0v) is 33.8. The molecule has 54 heavy (non-hydrogen) atoms. The number of hydrogen-bond donors (Lipinski definition) is 3. The van der Waals surface area contributed by atoms with E-state index in [0.717, 1.165) is 73.7 Å². The van der Waals surface area contributed by atoms with E-state index in [4.69, 9.17) is 9.72 Å². The summed E-state index contributed by atoms with van der Waals surface area (Å²) in [4.78, 5) is 26.2. The highest BCUT2D eigenvalue weighted by molar-refractivity contribution is 9.10. The van der Waals surface area contributed by atoms with Crippen LogP contribution in [0.1, 0.15) is 12.8 Å². The van der Waals surface area contributed by atoms with Gasteiger partial charge in [0.05, 0.1) is 40.0 Å². The predicted molar refractivity (Wildman–Crippen MR) is 220 cm³/mol. The number of piperazine rings is 1. The SMILES string of the molecule is COc1cc(N2CCN(CC3CCN(C4CNC4)CC3)CC2)c(-c2cnn(C)c2)cc1Nc1ncc(Br)c(Nc2ccc3nccnc3c2P(C)(C)=O)n1. The lowest BCUT2D eigenvalue weighted by Gasteiger charge is -2.44. The molecule has 0 atom stereocenters. The van der Waals surface area contributed by atoms with Gasteiger partial charge in [-0.25, -0.2) is 4.98 Å². The average Bonchev–Trinajstić information content (AvgIpc) is 3.58. The van der Waals surface area contributed by atoms with Crippen molar-refractivity contribution in [1.29, 1.82) is 0 Å². The Bertz CT molecular complexity index is 2170. The van der Waals surface area contributed by atoms with Gasteiger partial charge in [-0.05, 0) is 79.3 Å². The molecule has 284 valence electrons. The van der Waals surface area contributed by atoms with Crippen LogP contribution >= 0.6 is 23.1 Å². The molecule has 0 radical (unpaired) electrons. The summed E-state index contributed by atoms with van der Waals surface area (Å²) < 4.78 is 22.0. The van der Waals surface area contributed by atoms with Crippen LogP contribution < -0.4 is 30.9 Å². The summed E-state index contributed by atoms with van der Waals surface area (Å²) in [6.07, 6.45) is 11.5. The van der Waals surface area contributed by atoms with E-state index in [1.165, 1.54) is 32.5 Å². The second kappa shape index (κ2) is 15.5. The molecule has 6 heterocycles. The normalized spacial score (nSPS) is 17.8. The molecule has 3 N–H and O–H groups in total. The Hall–Kier alpha value is -4.14. The maximum Gasteiger partial charge on any atom is 0.229 e. The van der Waals surface area contributed by atoms with E-state index in [1.54, 1.807) is 39.0 Å². The van der Waals surface area contributed by atoms with Gasteiger partial charge in [0.1, 0.15) is 24.2 Å². The van der Waals surface area contributed by atoms with Gasteiger partial charge < -0.3 is 30.2 Å². The van der Waals surface area contributed by atoms with Gasteiger partial charge in [0.2, 0.25) is 5.95 Å². The van der Waals surface area contributed by atoms with Gasteiger partial charge in [0.25, 0.3) is 0 Å². The third-order valence-corrected chi connectivity index (χ3v) is 13.0. The molecule has 0 spiro atoms. The lowest BCUT2D eigenvalue weighted by atomic mass is 9.94. The first-order valence-electron chi connectivity index (χ1n) is 18.6. The lowest BCUT2D eigenvalue weighted by Crippen LogP contribution is -2.59. The molecule has 0 amide bonds. The van der Waals surface area contributed by atoms with Gasteiger partial charge in [0, 0.05) is 107 Å². The summed E-state index contributed by atoms with van der Waals surface area (Å²) >= 11 is 3.61. The fourth-order valence-corrected chi connectivity index (χ4v) is 9.57. The molecule has 3 saturated heterocycles. The molecule has 16 heteroatoms. The zero-order valence-electron chi connectivity index (χ0n) is 31.3. The van der Waals surface area contributed by atoms with Gasteiger partial charge in [-0.2, -0.15) is 10.1 Å². The lowest BCUT2D eigenvalue weighted by molar-refractivity contribution is 0.0836. The predicted octanol–water partition coefficient (Wildman–Crippen LogP) is 5.13. The fourth-order valence-electron chi connectivity index (χ4n) is 7.89. The third-order valence-electron chi connectivity index (χ3n) is 10.9. The second-order valence-electron chi connectivity index (χ2n) is 14.9. The number of benzene rings is 2. The van der Waals surface area contributed by atoms with Crippen molar-refractivity contribution >= 4 is 68.2 Å². The number of likely N-dealkylation sites (tertiary alicyclic amines) is 1. The highest BCUT2D eigenvalue weighted by atomic mass is 79.9. The van der Waals surface area contributed by atoms with Crippen molar-refractivity contribution in [3.63, 3.8) is 0 Å². The van der Waals surface area contributed by atoms with Crippen molar-refractivity contribution in [3.05, 3.63) is 59.7 Å². The molecule has 3 aliphatic heterocycles. The zero-order chi connectivity index (χ0) is 37.4. The molecule has 0 bridgehead atoms. The number of piperidine rings is 1. The summed E-state index contributed by atoms with van der Waals surface area (Å²) in [5.41, 5.74) is 5.84.